The second kappa shape index (κ2) is 16.0. The van der Waals surface area contributed by atoms with Gasteiger partial charge in [0.1, 0.15) is 18.4 Å². The summed E-state index contributed by atoms with van der Waals surface area (Å²) in [6.45, 7) is 3.22. The largest absolute Gasteiger partial charge is 0.492 e. The molecule has 1 N–H and O–H groups in total. The maximum absolute atomic E-state index is 13.4. The first kappa shape index (κ1) is 32.7. The zero-order chi connectivity index (χ0) is 33.0. The Hall–Kier alpha value is -5.69. The highest BCUT2D eigenvalue weighted by atomic mass is 16.5. The molecular weight excluding hydrogens is 588 g/mol. The lowest BCUT2D eigenvalue weighted by molar-refractivity contribution is -0.141. The van der Waals surface area contributed by atoms with Crippen molar-refractivity contribution in [2.45, 2.75) is 25.9 Å². The predicted octanol–water partition coefficient (Wildman–Crippen LogP) is 7.14. The number of aryl methyl sites for hydroxylation is 1. The topological polar surface area (TPSA) is 84.9 Å². The Morgan fingerprint density at radius 1 is 0.723 bits per heavy atom. The predicted molar refractivity (Wildman–Crippen MR) is 184 cm³/mol. The van der Waals surface area contributed by atoms with Gasteiger partial charge in [-0.1, -0.05) is 103 Å². The molecule has 0 aliphatic rings. The number of benzene rings is 5. The summed E-state index contributed by atoms with van der Waals surface area (Å²) in [7, 11) is 1.35. The molecule has 0 radical (unpaired) electrons. The third-order valence-corrected chi connectivity index (χ3v) is 7.78. The van der Waals surface area contributed by atoms with Crippen LogP contribution in [0.3, 0.4) is 0 Å². The number of amides is 1. The van der Waals surface area contributed by atoms with E-state index in [0.29, 0.717) is 54.2 Å². The van der Waals surface area contributed by atoms with Gasteiger partial charge in [0, 0.05) is 35.3 Å². The molecule has 0 saturated carbocycles. The Kier molecular flexibility index (Phi) is 11.2. The number of ether oxygens (including phenoxy) is 2. The van der Waals surface area contributed by atoms with Crippen LogP contribution in [0.25, 0.3) is 0 Å². The van der Waals surface area contributed by atoms with Crippen LogP contribution in [0.5, 0.6) is 5.75 Å². The molecule has 47 heavy (non-hydrogen) atoms. The molecule has 5 aromatic carbocycles. The second-order valence-corrected chi connectivity index (χ2v) is 11.2. The molecule has 0 aliphatic carbocycles. The van der Waals surface area contributed by atoms with Crippen molar-refractivity contribution in [3.8, 4) is 5.75 Å². The van der Waals surface area contributed by atoms with Crippen LogP contribution in [-0.4, -0.2) is 48.9 Å². The van der Waals surface area contributed by atoms with Crippen molar-refractivity contribution in [2.24, 2.45) is 0 Å². The van der Waals surface area contributed by atoms with Crippen molar-refractivity contribution >= 4 is 23.3 Å². The van der Waals surface area contributed by atoms with Crippen molar-refractivity contribution in [2.75, 3.05) is 25.6 Å². The van der Waals surface area contributed by atoms with E-state index < -0.39 is 12.0 Å². The van der Waals surface area contributed by atoms with Crippen molar-refractivity contribution < 1.29 is 23.9 Å². The first-order valence-electron chi connectivity index (χ1n) is 15.6. The average Bonchev–Trinajstić information content (AvgIpc) is 3.11. The average molecular weight is 627 g/mol. The van der Waals surface area contributed by atoms with Gasteiger partial charge < -0.3 is 19.7 Å². The summed E-state index contributed by atoms with van der Waals surface area (Å²) in [6.07, 6.45) is 0.330. The highest BCUT2D eigenvalue weighted by Crippen LogP contribution is 2.22. The van der Waals surface area contributed by atoms with Gasteiger partial charge in [0.15, 0.2) is 5.78 Å². The molecule has 0 bridgehead atoms. The zero-order valence-corrected chi connectivity index (χ0v) is 26.6. The third-order valence-electron chi connectivity index (χ3n) is 7.78. The molecule has 1 amide bonds. The lowest BCUT2D eigenvalue weighted by Gasteiger charge is -2.23. The fraction of sp³-hybridized carbons (Fsp3) is 0.175. The second-order valence-electron chi connectivity index (χ2n) is 11.2. The van der Waals surface area contributed by atoms with E-state index >= 15 is 0 Å². The van der Waals surface area contributed by atoms with E-state index in [1.165, 1.54) is 7.11 Å². The number of para-hydroxylation sites is 1. The highest BCUT2D eigenvalue weighted by Gasteiger charge is 2.23. The summed E-state index contributed by atoms with van der Waals surface area (Å²) < 4.78 is 11.2. The Labute approximate surface area is 275 Å². The number of carbonyl (C=O) groups is 3. The summed E-state index contributed by atoms with van der Waals surface area (Å²) in [5.41, 5.74) is 5.29. The number of hydrogen-bond acceptors (Lipinski definition) is 6. The van der Waals surface area contributed by atoms with Crippen molar-refractivity contribution in [1.29, 1.82) is 0 Å². The summed E-state index contributed by atoms with van der Waals surface area (Å²) in [6, 6.07) is 40.3. The monoisotopic (exact) mass is 626 g/mol. The molecule has 0 heterocycles. The number of nitrogens with one attached hydrogen (secondary N) is 1. The smallest absolute Gasteiger partial charge is 0.328 e. The maximum atomic E-state index is 13.4. The number of esters is 1. The van der Waals surface area contributed by atoms with Gasteiger partial charge in [-0.2, -0.15) is 0 Å². The van der Waals surface area contributed by atoms with Crippen LogP contribution in [0, 0.1) is 6.92 Å². The molecule has 0 aliphatic heterocycles. The molecule has 0 unspecified atom stereocenters. The molecule has 7 nitrogen and oxygen atoms in total. The Morgan fingerprint density at radius 2 is 1.38 bits per heavy atom. The Morgan fingerprint density at radius 3 is 2.06 bits per heavy atom. The minimum atomic E-state index is -0.726. The van der Waals surface area contributed by atoms with Crippen LogP contribution in [0.2, 0.25) is 0 Å². The van der Waals surface area contributed by atoms with Gasteiger partial charge in [-0.05, 0) is 54.4 Å². The van der Waals surface area contributed by atoms with Gasteiger partial charge in [0.2, 0.25) is 0 Å². The number of methoxy groups -OCH3 is 1. The lowest BCUT2D eigenvalue weighted by Crippen LogP contribution is -2.34. The van der Waals surface area contributed by atoms with Gasteiger partial charge in [-0.25, -0.2) is 4.79 Å². The van der Waals surface area contributed by atoms with Gasteiger partial charge >= 0.3 is 5.97 Å². The molecule has 0 saturated heterocycles. The lowest BCUT2D eigenvalue weighted by atomic mass is 10.00. The van der Waals surface area contributed by atoms with Crippen LogP contribution in [0.4, 0.5) is 5.69 Å². The first-order chi connectivity index (χ1) is 22.9. The molecule has 0 fully saturated rings. The number of rotatable bonds is 14. The minimum Gasteiger partial charge on any atom is -0.492 e. The van der Waals surface area contributed by atoms with Crippen LogP contribution in [0.1, 0.15) is 43.0 Å². The van der Waals surface area contributed by atoms with E-state index in [9.17, 15) is 14.4 Å². The summed E-state index contributed by atoms with van der Waals surface area (Å²) in [5, 5.41) is 3.24. The maximum Gasteiger partial charge on any atom is 0.328 e. The fourth-order valence-corrected chi connectivity index (χ4v) is 5.35. The molecule has 0 aromatic heterocycles. The number of hydrogen-bond donors (Lipinski definition) is 1. The molecule has 5 rings (SSSR count). The molecule has 1 atom stereocenters. The van der Waals surface area contributed by atoms with Crippen molar-refractivity contribution in [3.63, 3.8) is 0 Å². The van der Waals surface area contributed by atoms with Gasteiger partial charge in [-0.15, -0.1) is 0 Å². The quantitative estimate of drug-likeness (QED) is 0.104. The molecule has 0 spiro atoms. The van der Waals surface area contributed by atoms with Crippen LogP contribution in [-0.2, 0) is 22.5 Å². The highest BCUT2D eigenvalue weighted by molar-refractivity contribution is 6.12. The van der Waals surface area contributed by atoms with Gasteiger partial charge in [-0.3, -0.25) is 9.59 Å². The molecular formula is C40H38N2O5. The number of nitrogens with zero attached hydrogens (tertiary/aromatic N) is 1. The third kappa shape index (κ3) is 8.95. The fourth-order valence-electron chi connectivity index (χ4n) is 5.35. The van der Waals surface area contributed by atoms with Crippen LogP contribution < -0.4 is 10.1 Å². The molecule has 7 heteroatoms. The molecule has 238 valence electrons. The Balaban J connectivity index is 1.23. The van der Waals surface area contributed by atoms with E-state index in [2.05, 4.69) is 11.4 Å². The standard InChI is InChI=1S/C40H38N2O5/c1-29-12-11-13-31(26-29)28-42(39(44)33-16-7-4-8-17-33)24-25-47-34-22-20-30(21-23-34)27-37(40(45)46-2)41-36-19-10-9-18-35(36)38(43)32-14-5-3-6-15-32/h3-23,26,37,41H,24-25,27-28H2,1-2H3/t37-/m0/s1. The number of carbonyl (C=O) groups excluding carboxylic acids is 3. The van der Waals surface area contributed by atoms with E-state index in [1.54, 1.807) is 35.2 Å². The van der Waals surface area contributed by atoms with Crippen molar-refractivity contribution in [3.05, 3.63) is 167 Å². The van der Waals surface area contributed by atoms with Gasteiger partial charge in [0.25, 0.3) is 5.91 Å². The van der Waals surface area contributed by atoms with E-state index in [4.69, 9.17) is 9.47 Å². The molecule has 5 aromatic rings. The van der Waals surface area contributed by atoms with E-state index in [-0.39, 0.29) is 11.7 Å². The van der Waals surface area contributed by atoms with Gasteiger partial charge in [0.05, 0.1) is 13.7 Å². The van der Waals surface area contributed by atoms with E-state index in [1.807, 2.05) is 104 Å². The summed E-state index contributed by atoms with van der Waals surface area (Å²) >= 11 is 0. The number of ketones is 1. The van der Waals surface area contributed by atoms with E-state index in [0.717, 1.165) is 16.7 Å². The summed E-state index contributed by atoms with van der Waals surface area (Å²) in [4.78, 5) is 41.2. The van der Waals surface area contributed by atoms with Crippen LogP contribution in [0.15, 0.2) is 133 Å². The summed E-state index contributed by atoms with van der Waals surface area (Å²) in [5.74, 6) is 0.0167. The first-order valence-corrected chi connectivity index (χ1v) is 15.6. The van der Waals surface area contributed by atoms with Crippen molar-refractivity contribution in [1.82, 2.24) is 4.90 Å². The normalized spacial score (nSPS) is 11.3. The number of anilines is 1. The SMILES string of the molecule is COC(=O)[C@H](Cc1ccc(OCCN(Cc2cccc(C)c2)C(=O)c2ccccc2)cc1)Nc1ccccc1C(=O)c1ccccc1. The minimum absolute atomic E-state index is 0.0561. The zero-order valence-electron chi connectivity index (χ0n) is 26.6. The van der Waals surface area contributed by atoms with Crippen LogP contribution >= 0.6 is 0 Å². The Bertz CT molecular complexity index is 1790.